The Kier molecular flexibility index (Phi) is 5.04. The van der Waals surface area contributed by atoms with Crippen LogP contribution in [0.3, 0.4) is 0 Å². The molecule has 2 aliphatic rings. The van der Waals surface area contributed by atoms with Gasteiger partial charge in [-0.05, 0) is 56.9 Å². The Morgan fingerprint density at radius 3 is 2.56 bits per heavy atom. The van der Waals surface area contributed by atoms with Crippen LogP contribution in [0.2, 0.25) is 0 Å². The highest BCUT2D eigenvalue weighted by molar-refractivity contribution is 5.82. The Hall–Kier alpha value is -0.570. The third-order valence-corrected chi connectivity index (χ3v) is 4.75. The third kappa shape index (κ3) is 3.71. The van der Waals surface area contributed by atoms with Crippen molar-refractivity contribution in [2.45, 2.75) is 70.9 Å². The summed E-state index contributed by atoms with van der Waals surface area (Å²) < 4.78 is 0. The lowest BCUT2D eigenvalue weighted by Gasteiger charge is -2.32. The van der Waals surface area contributed by atoms with E-state index in [1.165, 1.54) is 38.5 Å². The highest BCUT2D eigenvalue weighted by atomic mass is 16.2. The zero-order valence-corrected chi connectivity index (χ0v) is 11.9. The van der Waals surface area contributed by atoms with Crippen molar-refractivity contribution >= 4 is 5.91 Å². The second-order valence-electron chi connectivity index (χ2n) is 6.27. The molecule has 0 radical (unpaired) electrons. The summed E-state index contributed by atoms with van der Waals surface area (Å²) in [6.07, 6.45) is 8.41. The van der Waals surface area contributed by atoms with Crippen LogP contribution in [0, 0.1) is 11.8 Å². The maximum atomic E-state index is 12.2. The van der Waals surface area contributed by atoms with E-state index in [9.17, 15) is 4.79 Å². The molecule has 0 aromatic heterocycles. The molecule has 0 aromatic carbocycles. The number of carbonyl (C=O) groups excluding carboxylic acids is 1. The van der Waals surface area contributed by atoms with Crippen molar-refractivity contribution in [1.82, 2.24) is 10.6 Å². The summed E-state index contributed by atoms with van der Waals surface area (Å²) in [5.74, 6) is 1.81. The predicted molar refractivity (Wildman–Crippen MR) is 74.4 cm³/mol. The fraction of sp³-hybridized carbons (Fsp3) is 0.933. The molecule has 2 fully saturated rings. The van der Waals surface area contributed by atoms with Gasteiger partial charge in [0.15, 0.2) is 0 Å². The van der Waals surface area contributed by atoms with Crippen molar-refractivity contribution in [3.05, 3.63) is 0 Å². The normalized spacial score (nSPS) is 37.2. The minimum absolute atomic E-state index is 0.0534. The van der Waals surface area contributed by atoms with Crippen LogP contribution in [0.15, 0.2) is 0 Å². The van der Waals surface area contributed by atoms with Gasteiger partial charge in [0.05, 0.1) is 6.04 Å². The number of nitrogens with one attached hydrogen (secondary N) is 2. The summed E-state index contributed by atoms with van der Waals surface area (Å²) >= 11 is 0. The zero-order valence-electron chi connectivity index (χ0n) is 11.9. The van der Waals surface area contributed by atoms with Gasteiger partial charge in [0, 0.05) is 6.04 Å². The number of amides is 1. The molecule has 1 aliphatic carbocycles. The summed E-state index contributed by atoms with van der Waals surface area (Å²) in [6.45, 7) is 5.51. The van der Waals surface area contributed by atoms with E-state index in [-0.39, 0.29) is 11.9 Å². The maximum Gasteiger partial charge on any atom is 0.237 e. The molecule has 1 aliphatic heterocycles. The van der Waals surface area contributed by atoms with Gasteiger partial charge in [-0.3, -0.25) is 4.79 Å². The standard InChI is InChI=1S/C15H28N2O/c1-3-12-4-6-13(7-5-12)17-15(18)14-10-11(2)8-9-16-14/h11-14,16H,3-10H2,1-2H3,(H,17,18). The van der Waals surface area contributed by atoms with Crippen molar-refractivity contribution in [3.8, 4) is 0 Å². The molecule has 2 N–H and O–H groups in total. The lowest BCUT2D eigenvalue weighted by Crippen LogP contribution is -2.51. The van der Waals surface area contributed by atoms with Gasteiger partial charge in [0.1, 0.15) is 0 Å². The average Bonchev–Trinajstić information content (AvgIpc) is 2.39. The van der Waals surface area contributed by atoms with Gasteiger partial charge in [-0.25, -0.2) is 0 Å². The summed E-state index contributed by atoms with van der Waals surface area (Å²) in [5, 5.41) is 6.60. The van der Waals surface area contributed by atoms with E-state index in [2.05, 4.69) is 24.5 Å². The highest BCUT2D eigenvalue weighted by Gasteiger charge is 2.27. The Labute approximate surface area is 111 Å². The van der Waals surface area contributed by atoms with Gasteiger partial charge in [0.2, 0.25) is 5.91 Å². The van der Waals surface area contributed by atoms with Crippen molar-refractivity contribution in [2.24, 2.45) is 11.8 Å². The monoisotopic (exact) mass is 252 g/mol. The number of hydrogen-bond acceptors (Lipinski definition) is 2. The fourth-order valence-corrected chi connectivity index (χ4v) is 3.32. The quantitative estimate of drug-likeness (QED) is 0.810. The molecule has 0 aromatic rings. The van der Waals surface area contributed by atoms with Gasteiger partial charge in [-0.1, -0.05) is 20.3 Å². The number of hydrogen-bond donors (Lipinski definition) is 2. The third-order valence-electron chi connectivity index (χ3n) is 4.75. The Morgan fingerprint density at radius 1 is 1.22 bits per heavy atom. The second-order valence-corrected chi connectivity index (χ2v) is 6.27. The van der Waals surface area contributed by atoms with E-state index in [4.69, 9.17) is 0 Å². The van der Waals surface area contributed by atoms with Gasteiger partial charge in [-0.15, -0.1) is 0 Å². The van der Waals surface area contributed by atoms with E-state index < -0.39 is 0 Å². The van der Waals surface area contributed by atoms with Gasteiger partial charge in [-0.2, -0.15) is 0 Å². The highest BCUT2D eigenvalue weighted by Crippen LogP contribution is 2.26. The van der Waals surface area contributed by atoms with E-state index in [1.807, 2.05) is 0 Å². The molecule has 3 nitrogen and oxygen atoms in total. The molecular weight excluding hydrogens is 224 g/mol. The minimum Gasteiger partial charge on any atom is -0.352 e. The molecule has 3 heteroatoms. The van der Waals surface area contributed by atoms with Crippen LogP contribution in [0.5, 0.6) is 0 Å². The first kappa shape index (κ1) is 13.9. The average molecular weight is 252 g/mol. The molecule has 1 heterocycles. The topological polar surface area (TPSA) is 41.1 Å². The van der Waals surface area contributed by atoms with Crippen molar-refractivity contribution < 1.29 is 4.79 Å². The first-order valence-electron chi connectivity index (χ1n) is 7.72. The van der Waals surface area contributed by atoms with Crippen LogP contribution in [0.25, 0.3) is 0 Å². The molecule has 0 spiro atoms. The lowest BCUT2D eigenvalue weighted by atomic mass is 9.84. The van der Waals surface area contributed by atoms with Crippen molar-refractivity contribution in [3.63, 3.8) is 0 Å². The first-order chi connectivity index (χ1) is 8.69. The fourth-order valence-electron chi connectivity index (χ4n) is 3.32. The van der Waals surface area contributed by atoms with E-state index in [0.29, 0.717) is 12.0 Å². The first-order valence-corrected chi connectivity index (χ1v) is 7.72. The molecule has 2 rings (SSSR count). The van der Waals surface area contributed by atoms with Crippen LogP contribution in [0.1, 0.15) is 58.8 Å². The van der Waals surface area contributed by atoms with E-state index in [1.54, 1.807) is 0 Å². The lowest BCUT2D eigenvalue weighted by molar-refractivity contribution is -0.125. The van der Waals surface area contributed by atoms with Crippen LogP contribution in [-0.4, -0.2) is 24.5 Å². The van der Waals surface area contributed by atoms with Crippen LogP contribution in [-0.2, 0) is 4.79 Å². The molecule has 1 saturated carbocycles. The summed E-state index contributed by atoms with van der Waals surface area (Å²) in [6, 6.07) is 0.483. The Morgan fingerprint density at radius 2 is 1.94 bits per heavy atom. The number of rotatable bonds is 3. The van der Waals surface area contributed by atoms with E-state index in [0.717, 1.165) is 18.9 Å². The van der Waals surface area contributed by atoms with E-state index >= 15 is 0 Å². The molecule has 0 bridgehead atoms. The SMILES string of the molecule is CCC1CCC(NC(=O)C2CC(C)CCN2)CC1. The molecule has 1 saturated heterocycles. The largest absolute Gasteiger partial charge is 0.352 e. The zero-order chi connectivity index (χ0) is 13.0. The summed E-state index contributed by atoms with van der Waals surface area (Å²) in [7, 11) is 0. The Balaban J connectivity index is 1.74. The number of piperidine rings is 1. The molecule has 1 amide bonds. The van der Waals surface area contributed by atoms with Crippen LogP contribution >= 0.6 is 0 Å². The van der Waals surface area contributed by atoms with Crippen molar-refractivity contribution in [2.75, 3.05) is 6.54 Å². The molecule has 2 atom stereocenters. The van der Waals surface area contributed by atoms with Crippen molar-refractivity contribution in [1.29, 1.82) is 0 Å². The summed E-state index contributed by atoms with van der Waals surface area (Å²) in [5.41, 5.74) is 0. The second kappa shape index (κ2) is 6.55. The smallest absolute Gasteiger partial charge is 0.237 e. The molecule has 104 valence electrons. The molecule has 18 heavy (non-hydrogen) atoms. The van der Waals surface area contributed by atoms with Gasteiger partial charge in [0.25, 0.3) is 0 Å². The molecular formula is C15H28N2O. The van der Waals surface area contributed by atoms with Crippen LogP contribution in [0.4, 0.5) is 0 Å². The minimum atomic E-state index is 0.0534. The van der Waals surface area contributed by atoms with Gasteiger partial charge >= 0.3 is 0 Å². The van der Waals surface area contributed by atoms with Crippen LogP contribution < -0.4 is 10.6 Å². The molecule has 2 unspecified atom stereocenters. The predicted octanol–water partition coefficient (Wildman–Crippen LogP) is 2.46. The number of carbonyl (C=O) groups is 1. The van der Waals surface area contributed by atoms with Gasteiger partial charge < -0.3 is 10.6 Å². The Bertz CT molecular complexity index is 272. The maximum absolute atomic E-state index is 12.2. The summed E-state index contributed by atoms with van der Waals surface area (Å²) in [4.78, 5) is 12.2.